The molecule has 4 rings (SSSR count). The molecular weight excluding hydrogens is 362 g/mol. The molecule has 2 saturated heterocycles. The summed E-state index contributed by atoms with van der Waals surface area (Å²) >= 11 is 0. The van der Waals surface area contributed by atoms with Crippen LogP contribution >= 0.6 is 0 Å². The Morgan fingerprint density at radius 2 is 1.62 bits per heavy atom. The van der Waals surface area contributed by atoms with Gasteiger partial charge in [0.05, 0.1) is 5.92 Å². The standard InChI is InChI=1S/C24H29N3O2/c1-17-6-7-20(14-18(17)2)25-24(29)19-15-23(28)27(16-19)22-10-8-21(9-11-22)26-12-4-3-5-13-26/h6-11,14,19H,3-5,12-13,15-16H2,1-2H3,(H,25,29). The lowest BCUT2D eigenvalue weighted by Gasteiger charge is -2.29. The number of anilines is 3. The van der Waals surface area contributed by atoms with Gasteiger partial charge in [-0.1, -0.05) is 6.07 Å². The molecule has 1 N–H and O–H groups in total. The highest BCUT2D eigenvalue weighted by atomic mass is 16.2. The molecule has 2 aromatic rings. The first-order valence-electron chi connectivity index (χ1n) is 10.5. The van der Waals surface area contributed by atoms with Gasteiger partial charge in [0.15, 0.2) is 0 Å². The van der Waals surface area contributed by atoms with Gasteiger partial charge in [-0.25, -0.2) is 0 Å². The van der Waals surface area contributed by atoms with Gasteiger partial charge in [0.1, 0.15) is 0 Å². The molecule has 5 nitrogen and oxygen atoms in total. The first-order chi connectivity index (χ1) is 14.0. The molecule has 152 valence electrons. The van der Waals surface area contributed by atoms with Gasteiger partial charge < -0.3 is 15.1 Å². The van der Waals surface area contributed by atoms with Crippen LogP contribution in [0.3, 0.4) is 0 Å². The molecule has 0 aliphatic carbocycles. The number of carbonyl (C=O) groups excluding carboxylic acids is 2. The van der Waals surface area contributed by atoms with Crippen molar-refractivity contribution in [2.75, 3.05) is 34.8 Å². The van der Waals surface area contributed by atoms with Crippen molar-refractivity contribution in [2.45, 2.75) is 39.5 Å². The number of benzene rings is 2. The Morgan fingerprint density at radius 1 is 0.931 bits per heavy atom. The molecular formula is C24H29N3O2. The summed E-state index contributed by atoms with van der Waals surface area (Å²) in [5, 5.41) is 2.97. The minimum atomic E-state index is -0.328. The zero-order valence-corrected chi connectivity index (χ0v) is 17.3. The predicted molar refractivity (Wildman–Crippen MR) is 118 cm³/mol. The van der Waals surface area contributed by atoms with Gasteiger partial charge >= 0.3 is 0 Å². The summed E-state index contributed by atoms with van der Waals surface area (Å²) in [6, 6.07) is 14.1. The van der Waals surface area contributed by atoms with E-state index in [0.717, 1.165) is 30.0 Å². The summed E-state index contributed by atoms with van der Waals surface area (Å²) in [5.41, 5.74) is 5.20. The molecule has 2 aliphatic rings. The van der Waals surface area contributed by atoms with Gasteiger partial charge in [0.25, 0.3) is 0 Å². The van der Waals surface area contributed by atoms with Crippen LogP contribution < -0.4 is 15.1 Å². The van der Waals surface area contributed by atoms with Crippen molar-refractivity contribution >= 4 is 28.9 Å². The third-order valence-electron chi connectivity index (χ3n) is 6.15. The smallest absolute Gasteiger partial charge is 0.229 e. The number of amides is 2. The fourth-order valence-electron chi connectivity index (χ4n) is 4.19. The number of aryl methyl sites for hydroxylation is 2. The summed E-state index contributed by atoms with van der Waals surface area (Å²) in [6.45, 7) is 6.70. The van der Waals surface area contributed by atoms with Crippen molar-refractivity contribution in [1.29, 1.82) is 0 Å². The van der Waals surface area contributed by atoms with Gasteiger partial charge in [0, 0.05) is 43.1 Å². The number of nitrogens with one attached hydrogen (secondary N) is 1. The van der Waals surface area contributed by atoms with Crippen LogP contribution in [0, 0.1) is 19.8 Å². The molecule has 2 heterocycles. The summed E-state index contributed by atoms with van der Waals surface area (Å²) in [6.07, 6.45) is 4.04. The second kappa shape index (κ2) is 8.27. The van der Waals surface area contributed by atoms with Crippen molar-refractivity contribution in [3.63, 3.8) is 0 Å². The van der Waals surface area contributed by atoms with Crippen molar-refractivity contribution in [3.05, 3.63) is 53.6 Å². The number of nitrogens with zero attached hydrogens (tertiary/aromatic N) is 2. The van der Waals surface area contributed by atoms with Gasteiger partial charge in [0.2, 0.25) is 11.8 Å². The first kappa shape index (κ1) is 19.5. The fraction of sp³-hybridized carbons (Fsp3) is 0.417. The Kier molecular flexibility index (Phi) is 5.56. The van der Waals surface area contributed by atoms with Crippen LogP contribution in [-0.4, -0.2) is 31.4 Å². The second-order valence-electron chi connectivity index (χ2n) is 8.26. The number of carbonyl (C=O) groups is 2. The van der Waals surface area contributed by atoms with Crippen LogP contribution in [0.2, 0.25) is 0 Å². The Bertz CT molecular complexity index is 901. The van der Waals surface area contributed by atoms with Crippen molar-refractivity contribution < 1.29 is 9.59 Å². The van der Waals surface area contributed by atoms with E-state index in [4.69, 9.17) is 0 Å². The molecule has 1 unspecified atom stereocenters. The largest absolute Gasteiger partial charge is 0.372 e. The van der Waals surface area contributed by atoms with Crippen LogP contribution in [0.5, 0.6) is 0 Å². The van der Waals surface area contributed by atoms with E-state index in [1.165, 1.54) is 30.5 Å². The lowest BCUT2D eigenvalue weighted by atomic mass is 10.1. The van der Waals surface area contributed by atoms with Crippen LogP contribution in [0.4, 0.5) is 17.1 Å². The average Bonchev–Trinajstić information content (AvgIpc) is 3.13. The summed E-state index contributed by atoms with van der Waals surface area (Å²) in [5.74, 6) is -0.407. The third-order valence-corrected chi connectivity index (χ3v) is 6.15. The maximum atomic E-state index is 12.7. The summed E-state index contributed by atoms with van der Waals surface area (Å²) in [7, 11) is 0. The molecule has 0 aromatic heterocycles. The van der Waals surface area contributed by atoms with Gasteiger partial charge in [-0.2, -0.15) is 0 Å². The van der Waals surface area contributed by atoms with Crippen molar-refractivity contribution in [1.82, 2.24) is 0 Å². The molecule has 2 aliphatic heterocycles. The van der Waals surface area contributed by atoms with Gasteiger partial charge in [-0.05, 0) is 80.6 Å². The molecule has 0 spiro atoms. The highest BCUT2D eigenvalue weighted by molar-refractivity contribution is 6.03. The predicted octanol–water partition coefficient (Wildman–Crippen LogP) is 4.29. The lowest BCUT2D eigenvalue weighted by Crippen LogP contribution is -2.30. The summed E-state index contributed by atoms with van der Waals surface area (Å²) in [4.78, 5) is 29.4. The van der Waals surface area contributed by atoms with E-state index >= 15 is 0 Å². The molecule has 29 heavy (non-hydrogen) atoms. The maximum absolute atomic E-state index is 12.7. The Morgan fingerprint density at radius 3 is 2.31 bits per heavy atom. The normalized spacial score (nSPS) is 19.5. The molecule has 5 heteroatoms. The molecule has 0 radical (unpaired) electrons. The Hall–Kier alpha value is -2.82. The summed E-state index contributed by atoms with van der Waals surface area (Å²) < 4.78 is 0. The van der Waals surface area contributed by atoms with E-state index < -0.39 is 0 Å². The quantitative estimate of drug-likeness (QED) is 0.846. The van der Waals surface area contributed by atoms with E-state index in [2.05, 4.69) is 22.3 Å². The van der Waals surface area contributed by atoms with E-state index in [-0.39, 0.29) is 24.2 Å². The average molecular weight is 392 g/mol. The number of rotatable bonds is 4. The van der Waals surface area contributed by atoms with Crippen LogP contribution in [-0.2, 0) is 9.59 Å². The van der Waals surface area contributed by atoms with Crippen LogP contribution in [0.25, 0.3) is 0 Å². The zero-order chi connectivity index (χ0) is 20.4. The molecule has 0 saturated carbocycles. The van der Waals surface area contributed by atoms with E-state index in [1.54, 1.807) is 4.90 Å². The highest BCUT2D eigenvalue weighted by Gasteiger charge is 2.35. The Labute approximate surface area is 172 Å². The van der Waals surface area contributed by atoms with Crippen molar-refractivity contribution in [2.24, 2.45) is 5.92 Å². The lowest BCUT2D eigenvalue weighted by molar-refractivity contribution is -0.122. The SMILES string of the molecule is Cc1ccc(NC(=O)C2CC(=O)N(c3ccc(N4CCCCC4)cc3)C2)cc1C. The number of hydrogen-bond donors (Lipinski definition) is 1. The number of hydrogen-bond acceptors (Lipinski definition) is 3. The van der Waals surface area contributed by atoms with Crippen LogP contribution in [0.15, 0.2) is 42.5 Å². The topological polar surface area (TPSA) is 52.7 Å². The maximum Gasteiger partial charge on any atom is 0.229 e. The minimum Gasteiger partial charge on any atom is -0.372 e. The van der Waals surface area contributed by atoms with Gasteiger partial charge in [-0.3, -0.25) is 9.59 Å². The van der Waals surface area contributed by atoms with Crippen LogP contribution in [0.1, 0.15) is 36.8 Å². The minimum absolute atomic E-state index is 0.0101. The second-order valence-corrected chi connectivity index (χ2v) is 8.26. The fourth-order valence-corrected chi connectivity index (χ4v) is 4.19. The zero-order valence-electron chi connectivity index (χ0n) is 17.3. The van der Waals surface area contributed by atoms with Crippen molar-refractivity contribution in [3.8, 4) is 0 Å². The molecule has 2 aromatic carbocycles. The first-order valence-corrected chi connectivity index (χ1v) is 10.5. The Balaban J connectivity index is 1.40. The highest BCUT2D eigenvalue weighted by Crippen LogP contribution is 2.29. The van der Waals surface area contributed by atoms with E-state index in [1.807, 2.05) is 44.2 Å². The molecule has 0 bridgehead atoms. The third kappa shape index (κ3) is 4.29. The molecule has 2 amide bonds. The molecule has 2 fully saturated rings. The monoisotopic (exact) mass is 391 g/mol. The molecule has 1 atom stereocenters. The van der Waals surface area contributed by atoms with E-state index in [9.17, 15) is 9.59 Å². The van der Waals surface area contributed by atoms with E-state index in [0.29, 0.717) is 6.54 Å². The number of piperidine rings is 1. The van der Waals surface area contributed by atoms with Gasteiger partial charge in [-0.15, -0.1) is 0 Å².